The summed E-state index contributed by atoms with van der Waals surface area (Å²) in [5.74, 6) is 0.00262. The van der Waals surface area contributed by atoms with Crippen molar-refractivity contribution in [2.24, 2.45) is 10.7 Å². The molecule has 3 heterocycles. The lowest BCUT2D eigenvalue weighted by Gasteiger charge is -2.31. The number of hydrogen-bond donors (Lipinski definition) is 2. The van der Waals surface area contributed by atoms with Gasteiger partial charge in [-0.2, -0.15) is 5.10 Å². The van der Waals surface area contributed by atoms with Crippen LogP contribution in [0.15, 0.2) is 53.8 Å². The monoisotopic (exact) mass is 414 g/mol. The average molecular weight is 415 g/mol. The van der Waals surface area contributed by atoms with Crippen molar-refractivity contribution in [2.75, 3.05) is 5.32 Å². The predicted octanol–water partition coefficient (Wildman–Crippen LogP) is 3.47. The summed E-state index contributed by atoms with van der Waals surface area (Å²) in [6, 6.07) is 10.7. The Hall–Kier alpha value is -2.90. The lowest BCUT2D eigenvalue weighted by Crippen LogP contribution is -2.37. The second-order valence-corrected chi connectivity index (χ2v) is 7.51. The largest absolute Gasteiger partial charge is 0.382 e. The van der Waals surface area contributed by atoms with E-state index in [1.807, 2.05) is 35.9 Å². The second kappa shape index (κ2) is 6.92. The van der Waals surface area contributed by atoms with Crippen molar-refractivity contribution in [1.82, 2.24) is 14.8 Å². The Morgan fingerprint density at radius 2 is 2.11 bits per heavy atom. The van der Waals surface area contributed by atoms with Crippen molar-refractivity contribution in [1.29, 1.82) is 0 Å². The van der Waals surface area contributed by atoms with Crippen molar-refractivity contribution >= 4 is 40.6 Å². The standard InChI is InChI=1S/C19H16Cl2N6O/c1-19(10-27-15(5-6-24-27)17(22)26-19)11-3-2-4-13(7-11)25-18(28)16-14(21)8-12(20)9-23-16/h2-9H,10H2,1H3,(H2,22,26)(H,25,28)/t19-/m1/s1. The highest BCUT2D eigenvalue weighted by Crippen LogP contribution is 2.32. The first-order chi connectivity index (χ1) is 13.4. The number of aromatic nitrogens is 3. The molecule has 3 aromatic rings. The van der Waals surface area contributed by atoms with Gasteiger partial charge in [-0.1, -0.05) is 35.3 Å². The van der Waals surface area contributed by atoms with E-state index in [1.165, 1.54) is 12.3 Å². The first-order valence-corrected chi connectivity index (χ1v) is 9.22. The molecule has 1 aromatic carbocycles. The fourth-order valence-electron chi connectivity index (χ4n) is 3.19. The smallest absolute Gasteiger partial charge is 0.275 e. The van der Waals surface area contributed by atoms with Gasteiger partial charge in [0.25, 0.3) is 5.91 Å². The Bertz CT molecular complexity index is 1110. The van der Waals surface area contributed by atoms with Crippen LogP contribution >= 0.6 is 23.2 Å². The topological polar surface area (TPSA) is 98.2 Å². The SMILES string of the molecule is C[C@]1(c2cccc(NC(=O)c3ncc(Cl)cc3Cl)c2)Cn2nccc2C(N)=N1. The Balaban J connectivity index is 1.62. The maximum atomic E-state index is 12.5. The van der Waals surface area contributed by atoms with Crippen LogP contribution in [-0.2, 0) is 12.1 Å². The molecule has 0 fully saturated rings. The molecule has 0 radical (unpaired) electrons. The van der Waals surface area contributed by atoms with Crippen molar-refractivity contribution in [3.05, 3.63) is 75.8 Å². The fraction of sp³-hybridized carbons (Fsp3) is 0.158. The number of hydrogen-bond acceptors (Lipinski definition) is 5. The third-order valence-electron chi connectivity index (χ3n) is 4.57. The molecule has 1 amide bonds. The highest BCUT2D eigenvalue weighted by molar-refractivity contribution is 6.36. The van der Waals surface area contributed by atoms with E-state index in [-0.39, 0.29) is 10.7 Å². The summed E-state index contributed by atoms with van der Waals surface area (Å²) in [6.07, 6.45) is 3.07. The van der Waals surface area contributed by atoms with Crippen LogP contribution < -0.4 is 11.1 Å². The first-order valence-electron chi connectivity index (χ1n) is 8.46. The Morgan fingerprint density at radius 1 is 1.29 bits per heavy atom. The van der Waals surface area contributed by atoms with Crippen LogP contribution in [0.1, 0.15) is 28.7 Å². The molecule has 9 heteroatoms. The molecular formula is C19H16Cl2N6O. The molecule has 1 aliphatic rings. The molecule has 2 aromatic heterocycles. The molecule has 0 aliphatic carbocycles. The van der Waals surface area contributed by atoms with E-state index >= 15 is 0 Å². The molecule has 0 saturated heterocycles. The van der Waals surface area contributed by atoms with Crippen LogP contribution in [-0.4, -0.2) is 26.5 Å². The molecule has 1 aliphatic heterocycles. The van der Waals surface area contributed by atoms with Crippen molar-refractivity contribution in [2.45, 2.75) is 19.0 Å². The number of rotatable bonds is 3. The summed E-state index contributed by atoms with van der Waals surface area (Å²) in [5.41, 5.74) is 7.89. The summed E-state index contributed by atoms with van der Waals surface area (Å²) in [6.45, 7) is 2.51. The zero-order valence-corrected chi connectivity index (χ0v) is 16.4. The number of nitrogens with one attached hydrogen (secondary N) is 1. The highest BCUT2D eigenvalue weighted by atomic mass is 35.5. The predicted molar refractivity (Wildman–Crippen MR) is 109 cm³/mol. The lowest BCUT2D eigenvalue weighted by atomic mass is 9.91. The molecule has 142 valence electrons. The molecular weight excluding hydrogens is 399 g/mol. The van der Waals surface area contributed by atoms with Crippen LogP contribution in [0, 0.1) is 0 Å². The van der Waals surface area contributed by atoms with Gasteiger partial charge in [0.2, 0.25) is 0 Å². The van der Waals surface area contributed by atoms with Crippen molar-refractivity contribution in [3.8, 4) is 0 Å². The summed E-state index contributed by atoms with van der Waals surface area (Å²) in [5, 5.41) is 7.66. The van der Waals surface area contributed by atoms with E-state index < -0.39 is 11.4 Å². The molecule has 0 unspecified atom stereocenters. The van der Waals surface area contributed by atoms with E-state index in [2.05, 4.69) is 20.4 Å². The molecule has 1 atom stereocenters. The first kappa shape index (κ1) is 18.5. The molecule has 0 saturated carbocycles. The molecule has 28 heavy (non-hydrogen) atoms. The van der Waals surface area contributed by atoms with E-state index in [0.29, 0.717) is 23.1 Å². The number of carbonyl (C=O) groups excluding carboxylic acids is 1. The zero-order chi connectivity index (χ0) is 19.9. The normalized spacial score (nSPS) is 18.3. The van der Waals surface area contributed by atoms with Gasteiger partial charge in [0, 0.05) is 18.1 Å². The Morgan fingerprint density at radius 3 is 2.89 bits per heavy atom. The van der Waals surface area contributed by atoms with Crippen LogP contribution in [0.2, 0.25) is 10.0 Å². The number of carbonyl (C=O) groups is 1. The third kappa shape index (κ3) is 3.34. The van der Waals surface area contributed by atoms with Gasteiger partial charge in [-0.05, 0) is 36.8 Å². The summed E-state index contributed by atoms with van der Waals surface area (Å²) in [4.78, 5) is 21.2. The van der Waals surface area contributed by atoms with Gasteiger partial charge in [-0.25, -0.2) is 4.98 Å². The van der Waals surface area contributed by atoms with Crippen molar-refractivity contribution in [3.63, 3.8) is 0 Å². The number of nitrogens with zero attached hydrogens (tertiary/aromatic N) is 4. The van der Waals surface area contributed by atoms with E-state index in [0.717, 1.165) is 11.3 Å². The number of amides is 1. The number of aliphatic imine (C=N–C) groups is 1. The number of anilines is 1. The minimum Gasteiger partial charge on any atom is -0.382 e. The number of amidine groups is 1. The second-order valence-electron chi connectivity index (χ2n) is 6.66. The number of pyridine rings is 1. The minimum atomic E-state index is -0.611. The molecule has 0 spiro atoms. The van der Waals surface area contributed by atoms with E-state index in [1.54, 1.807) is 12.3 Å². The number of halogens is 2. The number of nitrogens with two attached hydrogens (primary N) is 1. The van der Waals surface area contributed by atoms with Gasteiger partial charge in [0.05, 0.1) is 16.6 Å². The van der Waals surface area contributed by atoms with Gasteiger partial charge in [-0.15, -0.1) is 0 Å². The van der Waals surface area contributed by atoms with Gasteiger partial charge < -0.3 is 11.1 Å². The lowest BCUT2D eigenvalue weighted by molar-refractivity contribution is 0.102. The van der Waals surface area contributed by atoms with Crippen molar-refractivity contribution < 1.29 is 4.79 Å². The molecule has 4 rings (SSSR count). The Kier molecular flexibility index (Phi) is 4.56. The summed E-state index contributed by atoms with van der Waals surface area (Å²) >= 11 is 11.9. The van der Waals surface area contributed by atoms with Gasteiger partial charge in [-0.3, -0.25) is 14.5 Å². The maximum absolute atomic E-state index is 12.5. The summed E-state index contributed by atoms with van der Waals surface area (Å²) < 4.78 is 1.82. The van der Waals surface area contributed by atoms with E-state index in [4.69, 9.17) is 28.9 Å². The fourth-order valence-corrected chi connectivity index (χ4v) is 3.65. The third-order valence-corrected chi connectivity index (χ3v) is 5.06. The maximum Gasteiger partial charge on any atom is 0.275 e. The van der Waals surface area contributed by atoms with Crippen LogP contribution in [0.25, 0.3) is 0 Å². The quantitative estimate of drug-likeness (QED) is 0.685. The Labute approximate surface area is 171 Å². The van der Waals surface area contributed by atoms with Gasteiger partial charge >= 0.3 is 0 Å². The van der Waals surface area contributed by atoms with E-state index in [9.17, 15) is 4.79 Å². The summed E-state index contributed by atoms with van der Waals surface area (Å²) in [7, 11) is 0. The van der Waals surface area contributed by atoms with Crippen LogP contribution in [0.5, 0.6) is 0 Å². The van der Waals surface area contributed by atoms with Crippen LogP contribution in [0.4, 0.5) is 5.69 Å². The molecule has 3 N–H and O–H groups in total. The zero-order valence-electron chi connectivity index (χ0n) is 14.9. The highest BCUT2D eigenvalue weighted by Gasteiger charge is 2.32. The molecule has 7 nitrogen and oxygen atoms in total. The number of fused-ring (bicyclic) bond motifs is 1. The molecule has 0 bridgehead atoms. The van der Waals surface area contributed by atoms with Gasteiger partial charge in [0.15, 0.2) is 0 Å². The minimum absolute atomic E-state index is 0.101. The van der Waals surface area contributed by atoms with Gasteiger partial charge in [0.1, 0.15) is 22.8 Å². The average Bonchev–Trinajstić information content (AvgIpc) is 3.10. The van der Waals surface area contributed by atoms with Crippen LogP contribution in [0.3, 0.4) is 0 Å². The number of benzene rings is 1.